The lowest BCUT2D eigenvalue weighted by Crippen LogP contribution is -2.70. The van der Waals surface area contributed by atoms with E-state index >= 15 is 0 Å². The molecular weight excluding hydrogens is 515 g/mol. The van der Waals surface area contributed by atoms with Gasteiger partial charge in [0.25, 0.3) is 11.8 Å². The van der Waals surface area contributed by atoms with Crippen molar-refractivity contribution in [2.45, 2.75) is 69.2 Å². The molecule has 6 aliphatic rings. The lowest BCUT2D eigenvalue weighted by atomic mass is 9.42. The number of amides is 4. The van der Waals surface area contributed by atoms with Crippen LogP contribution in [-0.4, -0.2) is 68.0 Å². The first-order valence-electron chi connectivity index (χ1n) is 13.9. The molecule has 3 aliphatic heterocycles. The maximum Gasteiger partial charge on any atom is 0.264 e. The van der Waals surface area contributed by atoms with E-state index in [-0.39, 0.29) is 23.1 Å². The van der Waals surface area contributed by atoms with E-state index in [0.717, 1.165) is 23.3 Å². The van der Waals surface area contributed by atoms with Gasteiger partial charge in [-0.05, 0) is 57.1 Å². The van der Waals surface area contributed by atoms with E-state index in [1.807, 2.05) is 15.8 Å². The second-order valence-corrected chi connectivity index (χ2v) is 12.0. The lowest BCUT2D eigenvalue weighted by molar-refractivity contribution is -0.222. The van der Waals surface area contributed by atoms with Crippen LogP contribution in [0.5, 0.6) is 0 Å². The summed E-state index contributed by atoms with van der Waals surface area (Å²) in [5.41, 5.74) is 1.09. The highest BCUT2D eigenvalue weighted by Crippen LogP contribution is 2.70. The normalized spacial score (nSPS) is 29.6. The summed E-state index contributed by atoms with van der Waals surface area (Å²) < 4.78 is 15.8. The van der Waals surface area contributed by atoms with Crippen LogP contribution in [0.4, 0.5) is 10.1 Å². The highest BCUT2D eigenvalue weighted by Gasteiger charge is 2.73. The summed E-state index contributed by atoms with van der Waals surface area (Å²) in [6.45, 7) is 5.45. The summed E-state index contributed by atoms with van der Waals surface area (Å²) in [5.74, 6) is -1.22. The number of nitrogens with zero attached hydrogens (tertiary/aromatic N) is 4. The molecule has 1 aromatic carbocycles. The number of allylic oxidation sites excluding steroid dienone is 1. The molecule has 40 heavy (non-hydrogen) atoms. The minimum atomic E-state index is -1.07. The van der Waals surface area contributed by atoms with Gasteiger partial charge < -0.3 is 15.5 Å². The fourth-order valence-electron chi connectivity index (χ4n) is 7.17. The summed E-state index contributed by atoms with van der Waals surface area (Å²) in [7, 11) is 0. The van der Waals surface area contributed by atoms with Crippen LogP contribution in [0.25, 0.3) is 0 Å². The van der Waals surface area contributed by atoms with E-state index in [0.29, 0.717) is 63.1 Å². The van der Waals surface area contributed by atoms with Crippen LogP contribution in [0.3, 0.4) is 0 Å². The van der Waals surface area contributed by atoms with Crippen molar-refractivity contribution >= 4 is 29.3 Å². The molecule has 208 valence electrons. The van der Waals surface area contributed by atoms with Gasteiger partial charge in [0.05, 0.1) is 28.8 Å². The number of alkyl halides is 1. The first-order chi connectivity index (χ1) is 19.2. The van der Waals surface area contributed by atoms with Gasteiger partial charge in [-0.15, -0.1) is 0 Å². The first-order valence-corrected chi connectivity index (χ1v) is 13.9. The molecule has 3 saturated carbocycles. The molecule has 2 N–H and O–H groups in total. The summed E-state index contributed by atoms with van der Waals surface area (Å²) in [6.07, 6.45) is 7.35. The third-order valence-corrected chi connectivity index (χ3v) is 9.26. The molecule has 10 nitrogen and oxygen atoms in total. The quantitative estimate of drug-likeness (QED) is 0.539. The molecule has 2 bridgehead atoms. The number of imide groups is 1. The van der Waals surface area contributed by atoms with Crippen molar-refractivity contribution in [1.82, 2.24) is 24.9 Å². The molecule has 4 heterocycles. The average Bonchev–Trinajstić information content (AvgIpc) is 3.48. The zero-order valence-electron chi connectivity index (χ0n) is 22.1. The van der Waals surface area contributed by atoms with Gasteiger partial charge in [0.1, 0.15) is 11.7 Å². The first kappa shape index (κ1) is 25.0. The van der Waals surface area contributed by atoms with Crippen LogP contribution in [0, 0.1) is 5.41 Å². The van der Waals surface area contributed by atoms with Gasteiger partial charge in [0.2, 0.25) is 11.8 Å². The number of nitrogens with one attached hydrogen (secondary N) is 2. The number of carbonyl (C=O) groups excluding carboxylic acids is 4. The second-order valence-electron chi connectivity index (χ2n) is 12.0. The predicted octanol–water partition coefficient (Wildman–Crippen LogP) is 2.94. The molecule has 2 aromatic rings. The van der Waals surface area contributed by atoms with Crippen LogP contribution in [-0.2, 0) is 16.1 Å². The third-order valence-electron chi connectivity index (χ3n) is 9.26. The van der Waals surface area contributed by atoms with E-state index in [9.17, 15) is 23.6 Å². The number of likely N-dealkylation sites (tertiary alicyclic amines) is 1. The Morgan fingerprint density at radius 1 is 1.12 bits per heavy atom. The summed E-state index contributed by atoms with van der Waals surface area (Å²) in [6, 6.07) is 4.40. The van der Waals surface area contributed by atoms with Crippen molar-refractivity contribution in [2.24, 2.45) is 5.41 Å². The Kier molecular flexibility index (Phi) is 5.46. The van der Waals surface area contributed by atoms with E-state index in [4.69, 9.17) is 0 Å². The molecular formula is C29H31FN6O4. The van der Waals surface area contributed by atoms with Crippen LogP contribution >= 0.6 is 0 Å². The molecule has 11 heteroatoms. The molecule has 1 aromatic heterocycles. The number of carbonyl (C=O) groups is 4. The lowest BCUT2D eigenvalue weighted by Gasteiger charge is -2.65. The highest BCUT2D eigenvalue weighted by atomic mass is 19.1. The standard InChI is InChI=1S/C29H31FN6O4/c1-17-5-6-22(24(37)33-17)36-25(38)20-3-2-4-21(23(20)26(36)39)31-11-18-12-32-35(13-18)19-7-9-34(10-8-19)27(40)28-14-29(30,15-28)16-28/h2-4,12-13,19,22,31H,1,5-11,14-16H2,(H,33,37). The highest BCUT2D eigenvalue weighted by molar-refractivity contribution is 6.25. The van der Waals surface area contributed by atoms with Crippen molar-refractivity contribution in [3.8, 4) is 0 Å². The van der Waals surface area contributed by atoms with E-state index in [1.165, 1.54) is 0 Å². The van der Waals surface area contributed by atoms with Crippen molar-refractivity contribution in [2.75, 3.05) is 18.4 Å². The maximum absolute atomic E-state index is 13.9. The van der Waals surface area contributed by atoms with Crippen molar-refractivity contribution in [1.29, 1.82) is 0 Å². The molecule has 8 rings (SSSR count). The second kappa shape index (κ2) is 8.74. The minimum absolute atomic E-state index is 0.118. The Morgan fingerprint density at radius 2 is 1.88 bits per heavy atom. The molecule has 0 spiro atoms. The number of anilines is 1. The number of aromatic nitrogens is 2. The van der Waals surface area contributed by atoms with Gasteiger partial charge in [0.15, 0.2) is 0 Å². The van der Waals surface area contributed by atoms with Gasteiger partial charge in [-0.1, -0.05) is 12.6 Å². The zero-order valence-corrected chi connectivity index (χ0v) is 22.1. The van der Waals surface area contributed by atoms with E-state index < -0.39 is 34.8 Å². The van der Waals surface area contributed by atoms with E-state index in [2.05, 4.69) is 22.3 Å². The monoisotopic (exact) mass is 546 g/mol. The number of hydrogen-bond acceptors (Lipinski definition) is 6. The number of halogens is 1. The van der Waals surface area contributed by atoms with Crippen LogP contribution < -0.4 is 10.6 Å². The Labute approximate surface area is 230 Å². The molecule has 5 fully saturated rings. The Balaban J connectivity index is 0.982. The topological polar surface area (TPSA) is 117 Å². The van der Waals surface area contributed by atoms with Crippen molar-refractivity contribution in [3.63, 3.8) is 0 Å². The molecule has 1 atom stereocenters. The van der Waals surface area contributed by atoms with Gasteiger partial charge in [0, 0.05) is 42.8 Å². The van der Waals surface area contributed by atoms with Gasteiger partial charge >= 0.3 is 0 Å². The third kappa shape index (κ3) is 3.77. The number of benzene rings is 1. The molecule has 0 radical (unpaired) electrons. The van der Waals surface area contributed by atoms with Crippen LogP contribution in [0.15, 0.2) is 42.9 Å². The largest absolute Gasteiger partial charge is 0.380 e. The number of piperidine rings is 2. The predicted molar refractivity (Wildman–Crippen MR) is 142 cm³/mol. The fourth-order valence-corrected chi connectivity index (χ4v) is 7.17. The smallest absolute Gasteiger partial charge is 0.264 e. The molecule has 3 aliphatic carbocycles. The molecule has 1 unspecified atom stereocenters. The summed E-state index contributed by atoms with van der Waals surface area (Å²) in [5, 5.41) is 10.5. The Morgan fingerprint density at radius 3 is 2.58 bits per heavy atom. The molecule has 2 saturated heterocycles. The van der Waals surface area contributed by atoms with Crippen LogP contribution in [0.1, 0.15) is 77.3 Å². The SMILES string of the molecule is C=C1CCC(N2C(=O)c3cccc(NCc4cnn(C5CCN(C(=O)C67CC(F)(C6)C7)CC5)c4)c3C2=O)C(=O)N1. The summed E-state index contributed by atoms with van der Waals surface area (Å²) in [4.78, 5) is 54.8. The van der Waals surface area contributed by atoms with E-state index in [1.54, 1.807) is 24.4 Å². The maximum atomic E-state index is 13.9. The average molecular weight is 547 g/mol. The van der Waals surface area contributed by atoms with Crippen LogP contribution in [0.2, 0.25) is 0 Å². The number of rotatable bonds is 6. The van der Waals surface area contributed by atoms with Crippen molar-refractivity contribution in [3.05, 3.63) is 59.6 Å². The van der Waals surface area contributed by atoms with Gasteiger partial charge in [-0.25, -0.2) is 4.39 Å². The number of hydrogen-bond donors (Lipinski definition) is 2. The number of fused-ring (bicyclic) bond motifs is 1. The Hall–Kier alpha value is -4.02. The Bertz CT molecular complexity index is 1450. The van der Waals surface area contributed by atoms with Gasteiger partial charge in [-0.3, -0.25) is 28.8 Å². The fraction of sp³-hybridized carbons (Fsp3) is 0.483. The van der Waals surface area contributed by atoms with Gasteiger partial charge in [-0.2, -0.15) is 5.10 Å². The minimum Gasteiger partial charge on any atom is -0.380 e. The zero-order chi connectivity index (χ0) is 27.8. The summed E-state index contributed by atoms with van der Waals surface area (Å²) >= 11 is 0. The molecule has 4 amide bonds. The van der Waals surface area contributed by atoms with Crippen molar-refractivity contribution < 1.29 is 23.6 Å².